The lowest BCUT2D eigenvalue weighted by Gasteiger charge is -2.38. The van der Waals surface area contributed by atoms with E-state index in [1.807, 2.05) is 10.6 Å². The molecular formula is C16H24N8O2S. The molecule has 2 aromatic heterocycles. The summed E-state index contributed by atoms with van der Waals surface area (Å²) in [5.74, 6) is 2.58. The number of fused-ring (bicyclic) bond motifs is 1. The van der Waals surface area contributed by atoms with Gasteiger partial charge in [-0.2, -0.15) is 4.98 Å². The Balaban J connectivity index is 1.43. The summed E-state index contributed by atoms with van der Waals surface area (Å²) >= 11 is 0. The largest absolute Gasteiger partial charge is 0.354 e. The van der Waals surface area contributed by atoms with Crippen LogP contribution in [0, 0.1) is 0 Å². The van der Waals surface area contributed by atoms with Crippen LogP contribution in [-0.2, 0) is 22.8 Å². The zero-order chi connectivity index (χ0) is 18.9. The van der Waals surface area contributed by atoms with Gasteiger partial charge in [0.05, 0.1) is 17.5 Å². The molecule has 4 heterocycles. The molecule has 0 radical (unpaired) electrons. The first-order valence-electron chi connectivity index (χ1n) is 9.20. The van der Waals surface area contributed by atoms with Gasteiger partial charge in [-0.05, 0) is 13.0 Å². The van der Waals surface area contributed by atoms with Crippen LogP contribution in [0.2, 0.25) is 0 Å². The van der Waals surface area contributed by atoms with Gasteiger partial charge in [-0.25, -0.2) is 13.4 Å². The van der Waals surface area contributed by atoms with Crippen molar-refractivity contribution in [2.45, 2.75) is 32.0 Å². The standard InChI is InChI=1S/C16H24N8O2S/c1-2-23-11-20-22-15(23)4-6-19-16-18-5-3-14(21-16)24-8-7-17-12-9-27(25,26)10-13(12)24/h3,5,11-13,17H,2,4,6-10H2,1H3,(H,18,19,21)/t12-,13+/m1/s1. The first-order chi connectivity index (χ1) is 13.1. The molecule has 146 valence electrons. The third-order valence-electron chi connectivity index (χ3n) is 5.09. The fourth-order valence-corrected chi connectivity index (χ4v) is 5.72. The van der Waals surface area contributed by atoms with Crippen molar-refractivity contribution in [3.63, 3.8) is 0 Å². The number of aromatic nitrogens is 5. The molecule has 2 fully saturated rings. The molecule has 2 aromatic rings. The van der Waals surface area contributed by atoms with E-state index < -0.39 is 9.84 Å². The van der Waals surface area contributed by atoms with Crippen LogP contribution in [-0.4, -0.2) is 76.4 Å². The normalized spacial score (nSPS) is 24.0. The predicted octanol–water partition coefficient (Wildman–Crippen LogP) is -0.682. The highest BCUT2D eigenvalue weighted by Gasteiger charge is 2.43. The molecule has 0 aromatic carbocycles. The number of rotatable bonds is 6. The van der Waals surface area contributed by atoms with Gasteiger partial charge in [0.25, 0.3) is 0 Å². The molecule has 4 rings (SSSR count). The summed E-state index contributed by atoms with van der Waals surface area (Å²) in [4.78, 5) is 11.0. The van der Waals surface area contributed by atoms with Crippen molar-refractivity contribution in [3.05, 3.63) is 24.4 Å². The lowest BCUT2D eigenvalue weighted by Crippen LogP contribution is -2.57. The van der Waals surface area contributed by atoms with E-state index in [-0.39, 0.29) is 23.6 Å². The van der Waals surface area contributed by atoms with Crippen molar-refractivity contribution in [1.82, 2.24) is 30.0 Å². The highest BCUT2D eigenvalue weighted by atomic mass is 32.2. The van der Waals surface area contributed by atoms with E-state index in [9.17, 15) is 8.42 Å². The Hall–Kier alpha value is -2.27. The molecule has 11 heteroatoms. The van der Waals surface area contributed by atoms with E-state index in [4.69, 9.17) is 0 Å². The van der Waals surface area contributed by atoms with Gasteiger partial charge >= 0.3 is 0 Å². The molecule has 2 aliphatic rings. The second-order valence-electron chi connectivity index (χ2n) is 6.85. The van der Waals surface area contributed by atoms with Crippen molar-refractivity contribution in [2.75, 3.05) is 41.4 Å². The van der Waals surface area contributed by atoms with E-state index in [0.29, 0.717) is 12.5 Å². The van der Waals surface area contributed by atoms with E-state index in [2.05, 4.69) is 42.6 Å². The number of sulfone groups is 1. The van der Waals surface area contributed by atoms with E-state index in [1.54, 1.807) is 12.5 Å². The van der Waals surface area contributed by atoms with Gasteiger partial charge in [0.15, 0.2) is 9.84 Å². The van der Waals surface area contributed by atoms with Gasteiger partial charge in [0.2, 0.25) is 5.95 Å². The minimum absolute atomic E-state index is 0.0319. The van der Waals surface area contributed by atoms with E-state index in [0.717, 1.165) is 37.7 Å². The predicted molar refractivity (Wildman–Crippen MR) is 102 cm³/mol. The zero-order valence-electron chi connectivity index (χ0n) is 15.2. The fraction of sp³-hybridized carbons (Fsp3) is 0.625. The number of hydrogen-bond donors (Lipinski definition) is 2. The maximum atomic E-state index is 12.0. The van der Waals surface area contributed by atoms with E-state index in [1.165, 1.54) is 0 Å². The van der Waals surface area contributed by atoms with Crippen molar-refractivity contribution in [1.29, 1.82) is 0 Å². The average Bonchev–Trinajstić information content (AvgIpc) is 3.23. The number of piperazine rings is 1. The number of nitrogens with zero attached hydrogens (tertiary/aromatic N) is 6. The number of hydrogen-bond acceptors (Lipinski definition) is 9. The third kappa shape index (κ3) is 3.88. The highest BCUT2D eigenvalue weighted by Crippen LogP contribution is 2.25. The van der Waals surface area contributed by atoms with Gasteiger partial charge in [-0.3, -0.25) is 0 Å². The first-order valence-corrected chi connectivity index (χ1v) is 11.0. The summed E-state index contributed by atoms with van der Waals surface area (Å²) in [6.45, 7) is 5.01. The third-order valence-corrected chi connectivity index (χ3v) is 6.80. The van der Waals surface area contributed by atoms with Gasteiger partial charge in [0, 0.05) is 44.8 Å². The second kappa shape index (κ2) is 7.39. The summed E-state index contributed by atoms with van der Waals surface area (Å²) in [5.41, 5.74) is 0. The monoisotopic (exact) mass is 392 g/mol. The molecule has 2 atom stereocenters. The maximum absolute atomic E-state index is 12.0. The van der Waals surface area contributed by atoms with Gasteiger partial charge in [0.1, 0.15) is 18.0 Å². The molecule has 0 spiro atoms. The summed E-state index contributed by atoms with van der Waals surface area (Å²) in [6, 6.07) is 1.73. The number of anilines is 2. The Morgan fingerprint density at radius 3 is 3.11 bits per heavy atom. The van der Waals surface area contributed by atoms with Crippen LogP contribution >= 0.6 is 0 Å². The van der Waals surface area contributed by atoms with Crippen LogP contribution in [0.1, 0.15) is 12.7 Å². The van der Waals surface area contributed by atoms with Gasteiger partial charge < -0.3 is 20.1 Å². The lowest BCUT2D eigenvalue weighted by molar-refractivity contribution is 0.423. The molecule has 2 aliphatic heterocycles. The molecule has 0 aliphatic carbocycles. The Morgan fingerprint density at radius 1 is 1.37 bits per heavy atom. The van der Waals surface area contributed by atoms with Crippen molar-refractivity contribution in [3.8, 4) is 0 Å². The number of nitrogens with one attached hydrogen (secondary N) is 2. The van der Waals surface area contributed by atoms with Crippen LogP contribution < -0.4 is 15.5 Å². The lowest BCUT2D eigenvalue weighted by atomic mass is 10.1. The number of aryl methyl sites for hydroxylation is 1. The van der Waals surface area contributed by atoms with Crippen molar-refractivity contribution >= 4 is 21.6 Å². The molecule has 2 N–H and O–H groups in total. The SMILES string of the molecule is CCn1cnnc1CCNc1nccc(N2CCN[C@@H]3CS(=O)(=O)C[C@@H]32)n1. The van der Waals surface area contributed by atoms with Crippen LogP contribution in [0.3, 0.4) is 0 Å². The summed E-state index contributed by atoms with van der Waals surface area (Å²) < 4.78 is 26.0. The van der Waals surface area contributed by atoms with Crippen LogP contribution in [0.4, 0.5) is 11.8 Å². The molecule has 0 amide bonds. The Bertz CT molecular complexity index is 899. The maximum Gasteiger partial charge on any atom is 0.224 e. The van der Waals surface area contributed by atoms with Crippen LogP contribution in [0.15, 0.2) is 18.6 Å². The topological polar surface area (TPSA) is 118 Å². The Kier molecular flexibility index (Phi) is 4.96. The second-order valence-corrected chi connectivity index (χ2v) is 9.00. The average molecular weight is 392 g/mol. The van der Waals surface area contributed by atoms with Crippen LogP contribution in [0.25, 0.3) is 0 Å². The fourth-order valence-electron chi connectivity index (χ4n) is 3.77. The Morgan fingerprint density at radius 2 is 2.26 bits per heavy atom. The van der Waals surface area contributed by atoms with E-state index >= 15 is 0 Å². The van der Waals surface area contributed by atoms with Gasteiger partial charge in [-0.1, -0.05) is 0 Å². The molecule has 10 nitrogen and oxygen atoms in total. The molecule has 0 saturated carbocycles. The highest BCUT2D eigenvalue weighted by molar-refractivity contribution is 7.91. The van der Waals surface area contributed by atoms with Crippen molar-refractivity contribution < 1.29 is 8.42 Å². The smallest absolute Gasteiger partial charge is 0.224 e. The quantitative estimate of drug-likeness (QED) is 0.659. The summed E-state index contributed by atoms with van der Waals surface area (Å²) in [7, 11) is -3.00. The Labute approximate surface area is 158 Å². The minimum Gasteiger partial charge on any atom is -0.354 e. The molecule has 2 saturated heterocycles. The molecule has 0 unspecified atom stereocenters. The molecular weight excluding hydrogens is 368 g/mol. The minimum atomic E-state index is -3.00. The summed E-state index contributed by atoms with van der Waals surface area (Å²) in [5, 5.41) is 14.6. The van der Waals surface area contributed by atoms with Gasteiger partial charge in [-0.15, -0.1) is 10.2 Å². The molecule has 0 bridgehead atoms. The summed E-state index contributed by atoms with van der Waals surface area (Å²) in [6.07, 6.45) is 4.15. The molecule has 27 heavy (non-hydrogen) atoms. The van der Waals surface area contributed by atoms with Crippen LogP contribution in [0.5, 0.6) is 0 Å². The first kappa shape index (κ1) is 18.1. The van der Waals surface area contributed by atoms with Crippen molar-refractivity contribution in [2.24, 2.45) is 0 Å². The zero-order valence-corrected chi connectivity index (χ0v) is 16.1.